The number of aromatic nitrogens is 1. The lowest BCUT2D eigenvalue weighted by atomic mass is 9.95. The summed E-state index contributed by atoms with van der Waals surface area (Å²) in [7, 11) is 1.85. The summed E-state index contributed by atoms with van der Waals surface area (Å²) in [5, 5.41) is 12.3. The zero-order valence-corrected chi connectivity index (χ0v) is 20.7. The summed E-state index contributed by atoms with van der Waals surface area (Å²) >= 11 is 0. The Hall–Kier alpha value is -4.27. The summed E-state index contributed by atoms with van der Waals surface area (Å²) in [6.45, 7) is 0.175. The second-order valence-corrected chi connectivity index (χ2v) is 9.55. The van der Waals surface area contributed by atoms with Gasteiger partial charge in [-0.25, -0.2) is 18.0 Å². The Bertz CT molecular complexity index is 1500. The minimum Gasteiger partial charge on any atom is -0.465 e. The lowest BCUT2D eigenvalue weighted by Crippen LogP contribution is -2.42. The Morgan fingerprint density at radius 1 is 0.921 bits per heavy atom. The number of halogens is 3. The zero-order valence-electron chi connectivity index (χ0n) is 20.7. The van der Waals surface area contributed by atoms with E-state index in [0.29, 0.717) is 5.56 Å². The highest BCUT2D eigenvalue weighted by atomic mass is 19.3. The number of nitrogens with one attached hydrogen (secondary N) is 1. The van der Waals surface area contributed by atoms with Gasteiger partial charge < -0.3 is 19.9 Å². The van der Waals surface area contributed by atoms with Crippen LogP contribution in [-0.2, 0) is 13.6 Å². The van der Waals surface area contributed by atoms with Gasteiger partial charge in [-0.1, -0.05) is 24.3 Å². The number of benzene rings is 3. The molecule has 2 heterocycles. The van der Waals surface area contributed by atoms with Gasteiger partial charge in [-0.3, -0.25) is 4.79 Å². The molecular weight excluding hydrogens is 495 g/mol. The first-order valence-electron chi connectivity index (χ1n) is 12.2. The number of carboxylic acid groups (broad SMARTS) is 1. The van der Waals surface area contributed by atoms with Crippen LogP contribution in [0.15, 0.2) is 66.7 Å². The average molecular weight is 522 g/mol. The molecule has 0 bridgehead atoms. The first-order valence-corrected chi connectivity index (χ1v) is 12.2. The van der Waals surface area contributed by atoms with E-state index in [1.807, 2.05) is 41.9 Å². The number of likely N-dealkylation sites (tertiary alicyclic amines) is 1. The van der Waals surface area contributed by atoms with E-state index >= 15 is 0 Å². The van der Waals surface area contributed by atoms with Crippen molar-refractivity contribution in [1.29, 1.82) is 0 Å². The summed E-state index contributed by atoms with van der Waals surface area (Å²) in [4.78, 5) is 25.4. The van der Waals surface area contributed by atoms with Crippen LogP contribution in [0.1, 0.15) is 28.9 Å². The molecule has 0 radical (unpaired) electrons. The summed E-state index contributed by atoms with van der Waals surface area (Å²) in [6, 6.07) is 19.1. The fourth-order valence-corrected chi connectivity index (χ4v) is 4.94. The molecular formula is C29H26F3N3O3. The number of hydrogen-bond acceptors (Lipinski definition) is 2. The number of aryl methyl sites for hydroxylation is 1. The minimum absolute atomic E-state index is 0.0261. The van der Waals surface area contributed by atoms with Crippen molar-refractivity contribution in [2.24, 2.45) is 7.05 Å². The van der Waals surface area contributed by atoms with Gasteiger partial charge in [0.2, 0.25) is 0 Å². The maximum Gasteiger partial charge on any atom is 0.404 e. The van der Waals surface area contributed by atoms with Gasteiger partial charge in [0, 0.05) is 55.2 Å². The van der Waals surface area contributed by atoms with E-state index in [2.05, 4.69) is 5.32 Å². The molecule has 1 saturated heterocycles. The van der Waals surface area contributed by atoms with Crippen molar-refractivity contribution in [3.05, 3.63) is 83.8 Å². The lowest BCUT2D eigenvalue weighted by molar-refractivity contribution is -0.0494. The topological polar surface area (TPSA) is 74.6 Å². The molecule has 196 valence electrons. The number of carbonyl (C=O) groups excluding carboxylic acids is 1. The molecule has 4 aromatic rings. The van der Waals surface area contributed by atoms with Crippen LogP contribution >= 0.6 is 0 Å². The number of nitrogens with zero attached hydrogens (tertiary/aromatic N) is 2. The van der Waals surface area contributed by atoms with Gasteiger partial charge in [0.25, 0.3) is 11.8 Å². The molecule has 3 aromatic carbocycles. The van der Waals surface area contributed by atoms with Crippen LogP contribution < -0.4 is 5.32 Å². The fraction of sp³-hybridized carbons (Fsp3) is 0.241. The van der Waals surface area contributed by atoms with Crippen LogP contribution in [0.2, 0.25) is 0 Å². The Balaban J connectivity index is 1.51. The number of alkyl halides is 2. The van der Waals surface area contributed by atoms with Gasteiger partial charge in [-0.15, -0.1) is 0 Å². The van der Waals surface area contributed by atoms with Crippen molar-refractivity contribution in [2.75, 3.05) is 13.1 Å². The molecule has 6 nitrogen and oxygen atoms in total. The highest BCUT2D eigenvalue weighted by Gasteiger charge is 2.35. The van der Waals surface area contributed by atoms with Crippen LogP contribution in [0.25, 0.3) is 33.2 Å². The maximum atomic E-state index is 13.7. The molecule has 2 N–H and O–H groups in total. The number of hydrogen-bond donors (Lipinski definition) is 2. The van der Waals surface area contributed by atoms with E-state index in [9.17, 15) is 22.8 Å². The number of amides is 2. The standard InChI is InChI=1S/C29H26F3N3O3/c1-34-24(17-33-28(37)38)15-22-14-21(16-25(26(22)34)19-6-8-23(30)9-7-19)18-2-4-20(5-3-18)27(36)35-12-10-29(31,32)11-13-35/h2-9,14-16,33H,10-13,17H2,1H3,(H,37,38). The van der Waals surface area contributed by atoms with Gasteiger partial charge in [-0.05, 0) is 59.2 Å². The third-order valence-electron chi connectivity index (χ3n) is 7.05. The highest BCUT2D eigenvalue weighted by molar-refractivity contribution is 5.99. The van der Waals surface area contributed by atoms with E-state index < -0.39 is 12.0 Å². The number of carbonyl (C=O) groups is 2. The van der Waals surface area contributed by atoms with E-state index in [-0.39, 0.29) is 44.2 Å². The molecule has 0 spiro atoms. The molecule has 2 amide bonds. The van der Waals surface area contributed by atoms with Crippen LogP contribution in [0.4, 0.5) is 18.0 Å². The second kappa shape index (κ2) is 9.89. The Morgan fingerprint density at radius 3 is 2.18 bits per heavy atom. The molecule has 1 aliphatic heterocycles. The smallest absolute Gasteiger partial charge is 0.404 e. The van der Waals surface area contributed by atoms with E-state index in [4.69, 9.17) is 5.11 Å². The van der Waals surface area contributed by atoms with Crippen molar-refractivity contribution < 1.29 is 27.9 Å². The molecule has 0 unspecified atom stereocenters. The monoisotopic (exact) mass is 521 g/mol. The van der Waals surface area contributed by atoms with Crippen molar-refractivity contribution in [1.82, 2.24) is 14.8 Å². The zero-order chi connectivity index (χ0) is 27.0. The van der Waals surface area contributed by atoms with Crippen LogP contribution in [0.3, 0.4) is 0 Å². The first kappa shape index (κ1) is 25.4. The number of piperidine rings is 1. The van der Waals surface area contributed by atoms with E-state index in [0.717, 1.165) is 38.9 Å². The molecule has 0 saturated carbocycles. The molecule has 5 rings (SSSR count). The molecule has 0 aliphatic carbocycles. The van der Waals surface area contributed by atoms with E-state index in [1.165, 1.54) is 17.0 Å². The third kappa shape index (κ3) is 5.09. The summed E-state index contributed by atoms with van der Waals surface area (Å²) in [5.74, 6) is -3.34. The Morgan fingerprint density at radius 2 is 1.55 bits per heavy atom. The molecule has 9 heteroatoms. The molecule has 1 aliphatic rings. The Kier molecular flexibility index (Phi) is 6.60. The summed E-state index contributed by atoms with van der Waals surface area (Å²) in [6.07, 6.45) is -1.78. The SMILES string of the molecule is Cn1c(CNC(=O)O)cc2cc(-c3ccc(C(=O)N4CCC(F)(F)CC4)cc3)cc(-c3ccc(F)cc3)c21. The fourth-order valence-electron chi connectivity index (χ4n) is 4.94. The average Bonchev–Trinajstić information content (AvgIpc) is 3.22. The largest absolute Gasteiger partial charge is 0.465 e. The van der Waals surface area contributed by atoms with Crippen molar-refractivity contribution >= 4 is 22.9 Å². The van der Waals surface area contributed by atoms with Gasteiger partial charge in [0.15, 0.2) is 0 Å². The normalized spacial score (nSPS) is 15.0. The number of rotatable bonds is 5. The predicted octanol–water partition coefficient (Wildman–Crippen LogP) is 6.29. The van der Waals surface area contributed by atoms with Crippen LogP contribution in [0.5, 0.6) is 0 Å². The van der Waals surface area contributed by atoms with Crippen molar-refractivity contribution in [3.63, 3.8) is 0 Å². The second-order valence-electron chi connectivity index (χ2n) is 9.55. The maximum absolute atomic E-state index is 13.7. The Labute approximate surface area is 217 Å². The summed E-state index contributed by atoms with van der Waals surface area (Å²) < 4.78 is 42.5. The molecule has 0 atom stereocenters. The predicted molar refractivity (Wildman–Crippen MR) is 139 cm³/mol. The highest BCUT2D eigenvalue weighted by Crippen LogP contribution is 2.36. The van der Waals surface area contributed by atoms with Crippen LogP contribution in [0, 0.1) is 5.82 Å². The molecule has 1 aromatic heterocycles. The first-order chi connectivity index (χ1) is 18.1. The van der Waals surface area contributed by atoms with Gasteiger partial charge in [0.1, 0.15) is 5.82 Å². The number of fused-ring (bicyclic) bond motifs is 1. The van der Waals surface area contributed by atoms with Crippen LogP contribution in [-0.4, -0.2) is 45.6 Å². The summed E-state index contributed by atoms with van der Waals surface area (Å²) in [5.41, 5.74) is 5.40. The van der Waals surface area contributed by atoms with E-state index in [1.54, 1.807) is 24.3 Å². The van der Waals surface area contributed by atoms with Crippen molar-refractivity contribution in [2.45, 2.75) is 25.3 Å². The lowest BCUT2D eigenvalue weighted by Gasteiger charge is -2.31. The van der Waals surface area contributed by atoms with Gasteiger partial charge in [0.05, 0.1) is 12.1 Å². The molecule has 38 heavy (non-hydrogen) atoms. The minimum atomic E-state index is -2.72. The third-order valence-corrected chi connectivity index (χ3v) is 7.05. The van der Waals surface area contributed by atoms with Gasteiger partial charge in [-0.2, -0.15) is 0 Å². The van der Waals surface area contributed by atoms with Gasteiger partial charge >= 0.3 is 6.09 Å². The quantitative estimate of drug-likeness (QED) is 0.324. The van der Waals surface area contributed by atoms with Crippen molar-refractivity contribution in [3.8, 4) is 22.3 Å². The molecule has 1 fully saturated rings.